The van der Waals surface area contributed by atoms with Gasteiger partial charge in [-0.3, -0.25) is 14.2 Å². The Kier molecular flexibility index (Phi) is 4.36. The van der Waals surface area contributed by atoms with Crippen LogP contribution in [0.25, 0.3) is 0 Å². The second-order valence-corrected chi connectivity index (χ2v) is 5.77. The van der Waals surface area contributed by atoms with E-state index in [0.717, 1.165) is 5.56 Å². The van der Waals surface area contributed by atoms with Crippen LogP contribution in [0.4, 0.5) is 5.82 Å². The van der Waals surface area contributed by atoms with Gasteiger partial charge in [-0.25, -0.2) is 0 Å². The number of amides is 1. The highest BCUT2D eigenvalue weighted by atomic mass is 35.5. The minimum atomic E-state index is -0.265. The van der Waals surface area contributed by atoms with Crippen molar-refractivity contribution < 1.29 is 4.79 Å². The van der Waals surface area contributed by atoms with Crippen molar-refractivity contribution in [2.75, 3.05) is 5.32 Å². The first-order chi connectivity index (χ1) is 11.0. The third-order valence-electron chi connectivity index (χ3n) is 3.23. The van der Waals surface area contributed by atoms with Crippen LogP contribution in [0.1, 0.15) is 15.9 Å². The molecule has 1 N–H and O–H groups in total. The molecule has 0 atom stereocenters. The molecule has 2 aromatic heterocycles. The monoisotopic (exact) mass is 349 g/mol. The number of aryl methyl sites for hydroxylation is 1. The van der Waals surface area contributed by atoms with Crippen molar-refractivity contribution in [3.05, 3.63) is 64.0 Å². The molecule has 8 heteroatoms. The fourth-order valence-corrected chi connectivity index (χ4v) is 2.61. The summed E-state index contributed by atoms with van der Waals surface area (Å²) >= 11 is 12.3. The van der Waals surface area contributed by atoms with Gasteiger partial charge in [0.1, 0.15) is 0 Å². The van der Waals surface area contributed by atoms with Gasteiger partial charge in [-0.05, 0) is 12.1 Å². The second kappa shape index (κ2) is 6.44. The minimum absolute atomic E-state index is 0.265. The first-order valence-corrected chi connectivity index (χ1v) is 7.55. The van der Waals surface area contributed by atoms with Crippen LogP contribution in [0.3, 0.4) is 0 Å². The summed E-state index contributed by atoms with van der Waals surface area (Å²) in [7, 11) is 1.75. The summed E-state index contributed by atoms with van der Waals surface area (Å²) in [6.07, 6.45) is 4.88. The summed E-state index contributed by atoms with van der Waals surface area (Å²) in [6, 6.07) is 7.05. The average Bonchev–Trinajstić information content (AvgIpc) is 3.12. The number of rotatable bonds is 4. The van der Waals surface area contributed by atoms with Crippen LogP contribution in [0, 0.1) is 0 Å². The number of anilines is 1. The fourth-order valence-electron chi connectivity index (χ4n) is 2.09. The molecule has 0 saturated heterocycles. The van der Waals surface area contributed by atoms with Crippen LogP contribution in [0.15, 0.2) is 42.9 Å². The molecule has 0 unspecified atom stereocenters. The Morgan fingerprint density at radius 2 is 2.00 bits per heavy atom. The number of benzene rings is 1. The fraction of sp³-hybridized carbons (Fsp3) is 0.133. The second-order valence-electron chi connectivity index (χ2n) is 4.96. The largest absolute Gasteiger partial charge is 0.305 e. The number of nitrogens with one attached hydrogen (secondary N) is 1. The molecule has 3 rings (SSSR count). The minimum Gasteiger partial charge on any atom is -0.305 e. The number of hydrogen-bond acceptors (Lipinski definition) is 3. The molecule has 0 saturated carbocycles. The van der Waals surface area contributed by atoms with Crippen LogP contribution < -0.4 is 5.32 Å². The lowest BCUT2D eigenvalue weighted by atomic mass is 10.2. The zero-order valence-electron chi connectivity index (χ0n) is 12.2. The number of halogens is 2. The molecule has 0 aliphatic rings. The third-order valence-corrected chi connectivity index (χ3v) is 3.94. The number of aromatic nitrogens is 4. The summed E-state index contributed by atoms with van der Waals surface area (Å²) in [5.41, 5.74) is 1.25. The highest BCUT2D eigenvalue weighted by Crippen LogP contribution is 2.25. The van der Waals surface area contributed by atoms with E-state index in [-0.39, 0.29) is 5.91 Å². The SMILES string of the molecule is Cn1cc(C(=O)Nc2ccn(Cc3c(Cl)cccc3Cl)n2)cn1. The molecule has 0 spiro atoms. The van der Waals surface area contributed by atoms with E-state index in [1.165, 1.54) is 6.20 Å². The Morgan fingerprint density at radius 3 is 2.65 bits per heavy atom. The lowest BCUT2D eigenvalue weighted by Crippen LogP contribution is -2.12. The number of hydrogen-bond donors (Lipinski definition) is 1. The number of carbonyl (C=O) groups is 1. The molecule has 6 nitrogen and oxygen atoms in total. The molecule has 1 amide bonds. The van der Waals surface area contributed by atoms with Gasteiger partial charge in [0.2, 0.25) is 0 Å². The van der Waals surface area contributed by atoms with Gasteiger partial charge in [-0.2, -0.15) is 10.2 Å². The zero-order chi connectivity index (χ0) is 16.4. The van der Waals surface area contributed by atoms with Gasteiger partial charge in [-0.15, -0.1) is 0 Å². The number of nitrogens with zero attached hydrogens (tertiary/aromatic N) is 4. The highest BCUT2D eigenvalue weighted by molar-refractivity contribution is 6.35. The van der Waals surface area contributed by atoms with Crippen LogP contribution in [-0.2, 0) is 13.6 Å². The van der Waals surface area contributed by atoms with E-state index in [0.29, 0.717) is 28.0 Å². The summed E-state index contributed by atoms with van der Waals surface area (Å²) in [5.74, 6) is 0.182. The number of carbonyl (C=O) groups excluding carboxylic acids is 1. The van der Waals surface area contributed by atoms with Crippen LogP contribution in [0.5, 0.6) is 0 Å². The van der Waals surface area contributed by atoms with Gasteiger partial charge in [0.15, 0.2) is 5.82 Å². The molecule has 23 heavy (non-hydrogen) atoms. The average molecular weight is 350 g/mol. The lowest BCUT2D eigenvalue weighted by molar-refractivity contribution is 0.102. The Labute approximate surface area is 142 Å². The van der Waals surface area contributed by atoms with Gasteiger partial charge in [0.05, 0.1) is 18.3 Å². The first-order valence-electron chi connectivity index (χ1n) is 6.79. The quantitative estimate of drug-likeness (QED) is 0.786. The van der Waals surface area contributed by atoms with Crippen molar-refractivity contribution in [2.45, 2.75) is 6.54 Å². The zero-order valence-corrected chi connectivity index (χ0v) is 13.7. The third kappa shape index (κ3) is 3.55. The molecular formula is C15H13Cl2N5O. The van der Waals surface area contributed by atoms with E-state index in [1.54, 1.807) is 53.1 Å². The van der Waals surface area contributed by atoms with Crippen molar-refractivity contribution in [1.82, 2.24) is 19.6 Å². The van der Waals surface area contributed by atoms with E-state index < -0.39 is 0 Å². The molecular weight excluding hydrogens is 337 g/mol. The molecule has 0 aliphatic carbocycles. The van der Waals surface area contributed by atoms with Gasteiger partial charge in [-0.1, -0.05) is 29.3 Å². The summed E-state index contributed by atoms with van der Waals surface area (Å²) in [6.45, 7) is 0.418. The standard InChI is InChI=1S/C15H13Cl2N5O/c1-21-8-10(7-18-21)15(23)19-14-5-6-22(20-14)9-11-12(16)3-2-4-13(11)17/h2-8H,9H2,1H3,(H,19,20,23). The normalized spacial score (nSPS) is 10.7. The van der Waals surface area contributed by atoms with E-state index >= 15 is 0 Å². The Balaban J connectivity index is 1.72. The molecule has 0 aliphatic heterocycles. The summed E-state index contributed by atoms with van der Waals surface area (Å²) in [4.78, 5) is 12.0. The van der Waals surface area contributed by atoms with Crippen LogP contribution in [0.2, 0.25) is 10.0 Å². The molecule has 0 fully saturated rings. The van der Waals surface area contributed by atoms with Crippen molar-refractivity contribution in [3.63, 3.8) is 0 Å². The molecule has 0 bridgehead atoms. The Hall–Kier alpha value is -2.31. The molecule has 3 aromatic rings. The molecule has 2 heterocycles. The van der Waals surface area contributed by atoms with Gasteiger partial charge >= 0.3 is 0 Å². The van der Waals surface area contributed by atoms with Crippen molar-refractivity contribution in [2.24, 2.45) is 7.05 Å². The predicted octanol–water partition coefficient (Wildman–Crippen LogP) is 3.22. The van der Waals surface area contributed by atoms with Gasteiger partial charge < -0.3 is 5.32 Å². The van der Waals surface area contributed by atoms with Crippen LogP contribution >= 0.6 is 23.2 Å². The maximum Gasteiger partial charge on any atom is 0.260 e. The van der Waals surface area contributed by atoms with E-state index in [4.69, 9.17) is 23.2 Å². The van der Waals surface area contributed by atoms with Gasteiger partial charge in [0.25, 0.3) is 5.91 Å². The van der Waals surface area contributed by atoms with Gasteiger partial charge in [0, 0.05) is 41.1 Å². The van der Waals surface area contributed by atoms with E-state index in [2.05, 4.69) is 15.5 Å². The summed E-state index contributed by atoms with van der Waals surface area (Å²) < 4.78 is 3.22. The lowest BCUT2D eigenvalue weighted by Gasteiger charge is -2.06. The highest BCUT2D eigenvalue weighted by Gasteiger charge is 2.11. The summed E-state index contributed by atoms with van der Waals surface area (Å²) in [5, 5.41) is 12.1. The van der Waals surface area contributed by atoms with Crippen molar-refractivity contribution in [3.8, 4) is 0 Å². The first kappa shape index (κ1) is 15.6. The smallest absolute Gasteiger partial charge is 0.260 e. The van der Waals surface area contributed by atoms with Crippen molar-refractivity contribution in [1.29, 1.82) is 0 Å². The Bertz CT molecular complexity index is 835. The molecule has 0 radical (unpaired) electrons. The topological polar surface area (TPSA) is 64.7 Å². The molecule has 1 aromatic carbocycles. The van der Waals surface area contributed by atoms with E-state index in [1.807, 2.05) is 0 Å². The van der Waals surface area contributed by atoms with Crippen molar-refractivity contribution >= 4 is 34.9 Å². The maximum absolute atomic E-state index is 12.0. The van der Waals surface area contributed by atoms with E-state index in [9.17, 15) is 4.79 Å². The predicted molar refractivity (Wildman–Crippen MR) is 89.0 cm³/mol. The Morgan fingerprint density at radius 1 is 1.26 bits per heavy atom. The molecule has 118 valence electrons. The maximum atomic E-state index is 12.0. The van der Waals surface area contributed by atoms with Crippen LogP contribution in [-0.4, -0.2) is 25.5 Å².